The molecule has 0 aliphatic heterocycles. The molecule has 0 atom stereocenters. The summed E-state index contributed by atoms with van der Waals surface area (Å²) in [4.78, 5) is 20.7. The molecule has 0 amide bonds. The maximum Gasteiger partial charge on any atom is 0.338 e. The van der Waals surface area contributed by atoms with Crippen LogP contribution in [0.15, 0.2) is 12.1 Å². The van der Waals surface area contributed by atoms with E-state index in [0.717, 1.165) is 6.07 Å². The minimum atomic E-state index is -3.28. The number of nitrogens with one attached hydrogen (secondary N) is 1. The number of carboxylic acid groups (broad SMARTS) is 1. The first-order chi connectivity index (χ1) is 9.68. The van der Waals surface area contributed by atoms with E-state index in [4.69, 9.17) is 5.11 Å². The first-order valence-electron chi connectivity index (χ1n) is 5.83. The molecule has 0 aliphatic carbocycles. The molecule has 0 saturated carbocycles. The molecule has 0 heterocycles. The Morgan fingerprint density at radius 2 is 2.10 bits per heavy atom. The molecule has 0 aromatic heterocycles. The van der Waals surface area contributed by atoms with Crippen LogP contribution < -0.4 is 5.32 Å². The standard InChI is InChI=1S/C11H13FN2O6S/c1-2-21(19,20)4-3-13-9-5-7(11(15)16)8(12)6-10(9)14(17)18/h5-6,13H,2-4H2,1H3,(H,15,16). The fourth-order valence-corrected chi connectivity index (χ4v) is 2.21. The molecule has 0 spiro atoms. The molecule has 116 valence electrons. The molecule has 1 rings (SSSR count). The number of benzene rings is 1. The van der Waals surface area contributed by atoms with Crippen LogP contribution in [0.1, 0.15) is 17.3 Å². The van der Waals surface area contributed by atoms with Gasteiger partial charge in [-0.15, -0.1) is 0 Å². The second-order valence-corrected chi connectivity index (χ2v) is 6.55. The Kier molecular flexibility index (Phi) is 5.19. The second kappa shape index (κ2) is 6.48. The number of carbonyl (C=O) groups is 1. The lowest BCUT2D eigenvalue weighted by atomic mass is 10.1. The van der Waals surface area contributed by atoms with E-state index in [1.807, 2.05) is 0 Å². The van der Waals surface area contributed by atoms with Crippen LogP contribution in [-0.2, 0) is 9.84 Å². The molecule has 0 unspecified atom stereocenters. The SMILES string of the molecule is CCS(=O)(=O)CCNc1cc(C(=O)O)c(F)cc1[N+](=O)[O-]. The van der Waals surface area contributed by atoms with Crippen molar-refractivity contribution in [2.45, 2.75) is 6.92 Å². The Bertz CT molecular complexity index is 674. The van der Waals surface area contributed by atoms with Crippen LogP contribution in [0.4, 0.5) is 15.8 Å². The number of nitrogens with zero attached hydrogens (tertiary/aromatic N) is 1. The predicted molar refractivity (Wildman–Crippen MR) is 72.8 cm³/mol. The third kappa shape index (κ3) is 4.38. The Morgan fingerprint density at radius 3 is 2.57 bits per heavy atom. The largest absolute Gasteiger partial charge is 0.478 e. The fraction of sp³-hybridized carbons (Fsp3) is 0.364. The summed E-state index contributed by atoms with van der Waals surface area (Å²) in [6.07, 6.45) is 0. The Hall–Kier alpha value is -2.23. The van der Waals surface area contributed by atoms with E-state index in [2.05, 4.69) is 5.32 Å². The van der Waals surface area contributed by atoms with Crippen LogP contribution in [0.3, 0.4) is 0 Å². The van der Waals surface area contributed by atoms with Gasteiger partial charge >= 0.3 is 5.97 Å². The smallest absolute Gasteiger partial charge is 0.338 e. The highest BCUT2D eigenvalue weighted by Crippen LogP contribution is 2.27. The molecule has 1 aromatic rings. The number of hydrogen-bond acceptors (Lipinski definition) is 6. The molecule has 0 radical (unpaired) electrons. The van der Waals surface area contributed by atoms with Gasteiger partial charge in [0, 0.05) is 12.3 Å². The molecule has 0 bridgehead atoms. The predicted octanol–water partition coefficient (Wildman–Crippen LogP) is 1.28. The number of rotatable bonds is 7. The third-order valence-electron chi connectivity index (χ3n) is 2.68. The maximum atomic E-state index is 13.4. The number of nitro groups is 1. The van der Waals surface area contributed by atoms with Crippen molar-refractivity contribution in [2.24, 2.45) is 0 Å². The van der Waals surface area contributed by atoms with Gasteiger partial charge in [-0.3, -0.25) is 10.1 Å². The molecule has 21 heavy (non-hydrogen) atoms. The highest BCUT2D eigenvalue weighted by atomic mass is 32.2. The number of hydrogen-bond donors (Lipinski definition) is 2. The minimum Gasteiger partial charge on any atom is -0.478 e. The van der Waals surface area contributed by atoms with Crippen molar-refractivity contribution < 1.29 is 27.6 Å². The van der Waals surface area contributed by atoms with Gasteiger partial charge < -0.3 is 10.4 Å². The van der Waals surface area contributed by atoms with Crippen LogP contribution in [0, 0.1) is 15.9 Å². The Labute approximate surface area is 119 Å². The summed E-state index contributed by atoms with van der Waals surface area (Å²) in [5.74, 6) is -3.17. The average Bonchev–Trinajstić information content (AvgIpc) is 2.39. The monoisotopic (exact) mass is 320 g/mol. The normalized spacial score (nSPS) is 11.1. The van der Waals surface area contributed by atoms with Gasteiger partial charge in [0.15, 0.2) is 9.84 Å². The summed E-state index contributed by atoms with van der Waals surface area (Å²) >= 11 is 0. The Morgan fingerprint density at radius 1 is 1.48 bits per heavy atom. The number of halogens is 1. The van der Waals surface area contributed by atoms with Gasteiger partial charge in [-0.25, -0.2) is 17.6 Å². The second-order valence-electron chi connectivity index (χ2n) is 4.07. The van der Waals surface area contributed by atoms with Crippen molar-refractivity contribution in [1.82, 2.24) is 0 Å². The molecule has 0 saturated heterocycles. The van der Waals surface area contributed by atoms with Crippen molar-refractivity contribution in [3.05, 3.63) is 33.6 Å². The molecule has 2 N–H and O–H groups in total. The first kappa shape index (κ1) is 16.8. The van der Waals surface area contributed by atoms with Gasteiger partial charge in [0.1, 0.15) is 11.5 Å². The molecule has 10 heteroatoms. The summed E-state index contributed by atoms with van der Waals surface area (Å²) in [5.41, 5.74) is -1.64. The molecule has 8 nitrogen and oxygen atoms in total. The quantitative estimate of drug-likeness (QED) is 0.572. The summed E-state index contributed by atoms with van der Waals surface area (Å²) in [6.45, 7) is 1.31. The Balaban J connectivity index is 3.06. The topological polar surface area (TPSA) is 127 Å². The van der Waals surface area contributed by atoms with Crippen LogP contribution in [0.2, 0.25) is 0 Å². The highest BCUT2D eigenvalue weighted by molar-refractivity contribution is 7.91. The number of aromatic carboxylic acids is 1. The number of anilines is 1. The number of sulfone groups is 1. The lowest BCUT2D eigenvalue weighted by Gasteiger charge is -2.08. The van der Waals surface area contributed by atoms with E-state index in [9.17, 15) is 27.7 Å². The summed E-state index contributed by atoms with van der Waals surface area (Å²) in [7, 11) is -3.28. The summed E-state index contributed by atoms with van der Waals surface area (Å²) in [5, 5.41) is 22.0. The zero-order valence-electron chi connectivity index (χ0n) is 11.0. The van der Waals surface area contributed by atoms with Gasteiger partial charge in [0.25, 0.3) is 5.69 Å². The lowest BCUT2D eigenvalue weighted by Crippen LogP contribution is -2.18. The maximum absolute atomic E-state index is 13.4. The van der Waals surface area contributed by atoms with Crippen molar-refractivity contribution in [3.63, 3.8) is 0 Å². The first-order valence-corrected chi connectivity index (χ1v) is 7.65. The van der Waals surface area contributed by atoms with E-state index in [1.54, 1.807) is 0 Å². The van der Waals surface area contributed by atoms with Gasteiger partial charge in [0.05, 0.1) is 22.3 Å². The van der Waals surface area contributed by atoms with Crippen LogP contribution in [-0.4, -0.2) is 42.5 Å². The van der Waals surface area contributed by atoms with E-state index in [1.165, 1.54) is 6.92 Å². The number of nitro benzene ring substituents is 1. The van der Waals surface area contributed by atoms with Crippen molar-refractivity contribution in [1.29, 1.82) is 0 Å². The van der Waals surface area contributed by atoms with Gasteiger partial charge in [-0.2, -0.15) is 0 Å². The van der Waals surface area contributed by atoms with Crippen LogP contribution >= 0.6 is 0 Å². The molecule has 1 aromatic carbocycles. The molecular weight excluding hydrogens is 307 g/mol. The van der Waals surface area contributed by atoms with Gasteiger partial charge in [-0.05, 0) is 6.07 Å². The minimum absolute atomic E-state index is 0.0828. The summed E-state index contributed by atoms with van der Waals surface area (Å²) in [6, 6.07) is 1.26. The molecule has 0 aliphatic rings. The van der Waals surface area contributed by atoms with E-state index in [-0.39, 0.29) is 23.7 Å². The average molecular weight is 320 g/mol. The molecular formula is C11H13FN2O6S. The lowest BCUT2D eigenvalue weighted by molar-refractivity contribution is -0.384. The van der Waals surface area contributed by atoms with Crippen LogP contribution in [0.5, 0.6) is 0 Å². The van der Waals surface area contributed by atoms with Gasteiger partial charge in [0.2, 0.25) is 0 Å². The van der Waals surface area contributed by atoms with Crippen LogP contribution in [0.25, 0.3) is 0 Å². The highest BCUT2D eigenvalue weighted by Gasteiger charge is 2.21. The third-order valence-corrected chi connectivity index (χ3v) is 4.39. The van der Waals surface area contributed by atoms with E-state index in [0.29, 0.717) is 6.07 Å². The zero-order chi connectivity index (χ0) is 16.2. The van der Waals surface area contributed by atoms with E-state index < -0.39 is 37.8 Å². The van der Waals surface area contributed by atoms with Crippen molar-refractivity contribution in [2.75, 3.05) is 23.4 Å². The van der Waals surface area contributed by atoms with E-state index >= 15 is 0 Å². The summed E-state index contributed by atoms with van der Waals surface area (Å²) < 4.78 is 36.0. The zero-order valence-corrected chi connectivity index (χ0v) is 11.8. The fourth-order valence-electron chi connectivity index (χ4n) is 1.50. The van der Waals surface area contributed by atoms with Crippen molar-refractivity contribution in [3.8, 4) is 0 Å². The van der Waals surface area contributed by atoms with Gasteiger partial charge in [-0.1, -0.05) is 6.92 Å². The number of carboxylic acids is 1. The van der Waals surface area contributed by atoms with Crippen molar-refractivity contribution >= 4 is 27.2 Å². The molecule has 0 fully saturated rings.